The second-order valence-corrected chi connectivity index (χ2v) is 11.2. The van der Waals surface area contributed by atoms with Crippen molar-refractivity contribution < 1.29 is 9.59 Å². The Kier molecular flexibility index (Phi) is 13.6. The predicted octanol–water partition coefficient (Wildman–Crippen LogP) is 8.00. The molecule has 154 valence electrons. The molecule has 0 aliphatic carbocycles. The molecule has 0 radical (unpaired) electrons. The number of hydrogen-bond acceptors (Lipinski definition) is 2. The summed E-state index contributed by atoms with van der Waals surface area (Å²) < 4.78 is 0. The molecule has 0 rings (SSSR count). The van der Waals surface area contributed by atoms with Crippen LogP contribution >= 0.6 is 55.1 Å². The monoisotopic (exact) mass is 534 g/mol. The molecule has 6 heteroatoms. The molecule has 0 N–H and O–H groups in total. The van der Waals surface area contributed by atoms with Crippen molar-refractivity contribution in [1.29, 1.82) is 0 Å². The number of hydrogen-bond donors (Lipinski definition) is 0. The molecule has 2 atom stereocenters. The van der Waals surface area contributed by atoms with Crippen LogP contribution in [-0.2, 0) is 9.59 Å². The van der Waals surface area contributed by atoms with Crippen molar-refractivity contribution in [3.63, 3.8) is 0 Å². The summed E-state index contributed by atoms with van der Waals surface area (Å²) in [7, 11) is 0. The molecule has 26 heavy (non-hydrogen) atoms. The molecule has 0 fully saturated rings. The fourth-order valence-corrected chi connectivity index (χ4v) is 4.14. The minimum absolute atomic E-state index is 0.0939. The highest BCUT2D eigenvalue weighted by atomic mass is 79.9. The Bertz CT molecular complexity index is 400. The SMILES string of the molecule is CC(C)(CCCCCCCCCCC(C)(C)[C@H](Br)C(=O)Cl)[C@H](Br)C(=O)Cl. The molecule has 0 bridgehead atoms. The molecule has 2 nitrogen and oxygen atoms in total. The van der Waals surface area contributed by atoms with E-state index >= 15 is 0 Å². The third kappa shape index (κ3) is 11.0. The third-order valence-electron chi connectivity index (χ3n) is 5.16. The normalized spacial score (nSPS) is 14.9. The summed E-state index contributed by atoms with van der Waals surface area (Å²) in [6.45, 7) is 8.35. The van der Waals surface area contributed by atoms with Gasteiger partial charge >= 0.3 is 0 Å². The van der Waals surface area contributed by atoms with Crippen LogP contribution in [0.15, 0.2) is 0 Å². The van der Waals surface area contributed by atoms with Gasteiger partial charge in [0.05, 0.1) is 9.65 Å². The lowest BCUT2D eigenvalue weighted by Gasteiger charge is -2.28. The molecule has 0 unspecified atom stereocenters. The zero-order valence-corrected chi connectivity index (χ0v) is 21.2. The third-order valence-corrected chi connectivity index (χ3v) is 9.44. The molecule has 0 aromatic rings. The number of rotatable bonds is 15. The molecule has 0 aliphatic heterocycles. The van der Waals surface area contributed by atoms with Gasteiger partial charge in [0.1, 0.15) is 0 Å². The highest BCUT2D eigenvalue weighted by Crippen LogP contribution is 2.35. The van der Waals surface area contributed by atoms with Crippen LogP contribution in [0.25, 0.3) is 0 Å². The number of halogens is 4. The summed E-state index contributed by atoms with van der Waals surface area (Å²) >= 11 is 18.0. The maximum Gasteiger partial charge on any atom is 0.235 e. The Labute approximate surface area is 186 Å². The van der Waals surface area contributed by atoms with E-state index in [4.69, 9.17) is 23.2 Å². The Hall–Kier alpha value is 0.880. The summed E-state index contributed by atoms with van der Waals surface area (Å²) in [5, 5.41) is -0.611. The van der Waals surface area contributed by atoms with Gasteiger partial charge in [-0.05, 0) is 46.9 Å². The van der Waals surface area contributed by atoms with E-state index in [9.17, 15) is 9.59 Å². The van der Waals surface area contributed by atoms with E-state index in [-0.39, 0.29) is 31.0 Å². The Balaban J connectivity index is 3.69. The second-order valence-electron chi connectivity index (χ2n) is 8.64. The van der Waals surface area contributed by atoms with Gasteiger partial charge in [-0.2, -0.15) is 0 Å². The average molecular weight is 537 g/mol. The van der Waals surface area contributed by atoms with E-state index in [0.717, 1.165) is 25.7 Å². The minimum Gasteiger partial charge on any atom is -0.280 e. The minimum atomic E-state index is -0.306. The Morgan fingerprint density at radius 2 is 0.885 bits per heavy atom. The molecule has 0 aliphatic rings. The van der Waals surface area contributed by atoms with E-state index in [1.54, 1.807) is 0 Å². The van der Waals surface area contributed by atoms with Crippen LogP contribution in [0, 0.1) is 10.8 Å². The molecule has 0 saturated heterocycles. The maximum absolute atomic E-state index is 11.3. The lowest BCUT2D eigenvalue weighted by atomic mass is 9.83. The first kappa shape index (κ1) is 26.9. The van der Waals surface area contributed by atoms with Gasteiger partial charge in [0.2, 0.25) is 10.5 Å². The van der Waals surface area contributed by atoms with Crippen molar-refractivity contribution in [2.24, 2.45) is 10.8 Å². The topological polar surface area (TPSA) is 34.1 Å². The smallest absolute Gasteiger partial charge is 0.235 e. The van der Waals surface area contributed by atoms with Gasteiger partial charge in [-0.15, -0.1) is 0 Å². The molecule has 0 spiro atoms. The van der Waals surface area contributed by atoms with Crippen molar-refractivity contribution in [3.8, 4) is 0 Å². The van der Waals surface area contributed by atoms with E-state index in [2.05, 4.69) is 59.6 Å². The molecule has 0 saturated carbocycles. The van der Waals surface area contributed by atoms with Crippen LogP contribution in [0.1, 0.15) is 91.9 Å². The van der Waals surface area contributed by atoms with E-state index in [1.165, 1.54) is 38.5 Å². The summed E-state index contributed by atoms with van der Waals surface area (Å²) in [6.07, 6.45) is 11.7. The highest BCUT2D eigenvalue weighted by Gasteiger charge is 2.32. The second kappa shape index (κ2) is 13.2. The molecular formula is C20H34Br2Cl2O2. The average Bonchev–Trinajstić information content (AvgIpc) is 2.54. The van der Waals surface area contributed by atoms with Gasteiger partial charge in [-0.25, -0.2) is 0 Å². The lowest BCUT2D eigenvalue weighted by molar-refractivity contribution is -0.113. The van der Waals surface area contributed by atoms with E-state index in [1.807, 2.05) is 0 Å². The van der Waals surface area contributed by atoms with Gasteiger partial charge < -0.3 is 0 Å². The first-order valence-electron chi connectivity index (χ1n) is 9.58. The van der Waals surface area contributed by atoms with Crippen LogP contribution in [-0.4, -0.2) is 20.1 Å². The van der Waals surface area contributed by atoms with Gasteiger partial charge in [-0.3, -0.25) is 9.59 Å². The van der Waals surface area contributed by atoms with Crippen molar-refractivity contribution in [3.05, 3.63) is 0 Å². The maximum atomic E-state index is 11.3. The summed E-state index contributed by atoms with van der Waals surface area (Å²) in [5.41, 5.74) is -0.188. The molecular weight excluding hydrogens is 503 g/mol. The van der Waals surface area contributed by atoms with Crippen LogP contribution in [0.3, 0.4) is 0 Å². The molecule has 0 heterocycles. The van der Waals surface area contributed by atoms with Crippen LogP contribution in [0.4, 0.5) is 0 Å². The quantitative estimate of drug-likeness (QED) is 0.121. The Morgan fingerprint density at radius 3 is 1.12 bits per heavy atom. The van der Waals surface area contributed by atoms with Crippen LogP contribution < -0.4 is 0 Å². The Morgan fingerprint density at radius 1 is 0.654 bits per heavy atom. The molecule has 0 aromatic carbocycles. The van der Waals surface area contributed by atoms with Gasteiger partial charge in [0.25, 0.3) is 0 Å². The molecule has 0 amide bonds. The number of carbonyl (C=O) groups excluding carboxylic acids is 2. The first-order valence-corrected chi connectivity index (χ1v) is 12.2. The summed E-state index contributed by atoms with van der Waals surface area (Å²) in [4.78, 5) is 22.0. The number of carbonyl (C=O) groups is 2. The zero-order chi connectivity index (χ0) is 20.4. The highest BCUT2D eigenvalue weighted by molar-refractivity contribution is 9.10. The fourth-order valence-electron chi connectivity index (χ4n) is 3.09. The zero-order valence-electron chi connectivity index (χ0n) is 16.6. The van der Waals surface area contributed by atoms with Gasteiger partial charge in [0.15, 0.2) is 0 Å². The van der Waals surface area contributed by atoms with E-state index in [0.29, 0.717) is 0 Å². The first-order chi connectivity index (χ1) is 11.9. The van der Waals surface area contributed by atoms with Gasteiger partial charge in [0, 0.05) is 0 Å². The lowest BCUT2D eigenvalue weighted by Crippen LogP contribution is -2.29. The van der Waals surface area contributed by atoms with Gasteiger partial charge in [-0.1, -0.05) is 111 Å². The standard InChI is InChI=1S/C20H34Br2Cl2O2/c1-19(2,15(21)17(23)25)13-11-9-7-5-6-8-10-12-14-20(3,4)16(22)18(24)26/h15-16H,5-14H2,1-4H3/t15-,16-/m1/s1. The number of unbranched alkanes of at least 4 members (excludes halogenated alkanes) is 7. The van der Waals surface area contributed by atoms with Crippen molar-refractivity contribution in [2.75, 3.05) is 0 Å². The van der Waals surface area contributed by atoms with Crippen molar-refractivity contribution >= 4 is 65.5 Å². The predicted molar refractivity (Wildman–Crippen MR) is 121 cm³/mol. The van der Waals surface area contributed by atoms with Crippen LogP contribution in [0.2, 0.25) is 0 Å². The summed E-state index contributed by atoms with van der Waals surface area (Å²) in [6, 6.07) is 0. The van der Waals surface area contributed by atoms with Crippen molar-refractivity contribution in [2.45, 2.75) is 102 Å². The van der Waals surface area contributed by atoms with E-state index < -0.39 is 0 Å². The number of alkyl halides is 2. The molecule has 0 aromatic heterocycles. The largest absolute Gasteiger partial charge is 0.280 e. The van der Waals surface area contributed by atoms with Crippen LogP contribution in [0.5, 0.6) is 0 Å². The fraction of sp³-hybridized carbons (Fsp3) is 0.900. The van der Waals surface area contributed by atoms with Crippen molar-refractivity contribution in [1.82, 2.24) is 0 Å². The summed E-state index contributed by atoms with van der Waals surface area (Å²) in [5.74, 6) is 0.